The summed E-state index contributed by atoms with van der Waals surface area (Å²) in [5.41, 5.74) is 0. The van der Waals surface area contributed by atoms with Crippen LogP contribution in [0.1, 0.15) is 37.9 Å². The van der Waals surface area contributed by atoms with Crippen molar-refractivity contribution in [1.82, 2.24) is 15.5 Å². The fourth-order valence-corrected chi connectivity index (χ4v) is 4.97. The Morgan fingerprint density at radius 3 is 3.06 bits per heavy atom. The van der Waals surface area contributed by atoms with E-state index in [-0.39, 0.29) is 0 Å². The Kier molecular flexibility index (Phi) is 2.64. The van der Waals surface area contributed by atoms with Gasteiger partial charge >= 0.3 is 0 Å². The standard InChI is InChI=1S/C14H21N3O/c1-2-10-9-6-12(11(10)3-1)13(7-9)15-5-4-14-16-8-18-17-14/h8-13,15H,1-7H2. The van der Waals surface area contributed by atoms with Crippen LogP contribution < -0.4 is 5.32 Å². The van der Waals surface area contributed by atoms with Crippen LogP contribution in [0, 0.1) is 23.7 Å². The fourth-order valence-electron chi connectivity index (χ4n) is 4.97. The van der Waals surface area contributed by atoms with Crippen LogP contribution in [0.3, 0.4) is 0 Å². The number of hydrogen-bond donors (Lipinski definition) is 1. The molecule has 0 amide bonds. The van der Waals surface area contributed by atoms with E-state index >= 15 is 0 Å². The lowest BCUT2D eigenvalue weighted by Gasteiger charge is -2.32. The van der Waals surface area contributed by atoms with Gasteiger partial charge in [-0.2, -0.15) is 4.98 Å². The third-order valence-electron chi connectivity index (χ3n) is 5.59. The third kappa shape index (κ3) is 1.69. The number of hydrogen-bond acceptors (Lipinski definition) is 4. The van der Waals surface area contributed by atoms with Gasteiger partial charge < -0.3 is 9.84 Å². The van der Waals surface area contributed by atoms with Gasteiger partial charge in [-0.1, -0.05) is 11.6 Å². The van der Waals surface area contributed by atoms with Gasteiger partial charge in [0.2, 0.25) is 6.39 Å². The van der Waals surface area contributed by atoms with Gasteiger partial charge in [-0.15, -0.1) is 0 Å². The Morgan fingerprint density at radius 1 is 1.22 bits per heavy atom. The molecule has 2 bridgehead atoms. The average Bonchev–Trinajstić information content (AvgIpc) is 3.12. The van der Waals surface area contributed by atoms with Crippen LogP contribution in [-0.2, 0) is 6.42 Å². The topological polar surface area (TPSA) is 51.0 Å². The second kappa shape index (κ2) is 4.34. The molecular formula is C14H21N3O. The first kappa shape index (κ1) is 11.0. The molecule has 3 saturated carbocycles. The molecular weight excluding hydrogens is 226 g/mol. The van der Waals surface area contributed by atoms with Crippen LogP contribution in [0.25, 0.3) is 0 Å². The first-order valence-corrected chi connectivity index (χ1v) is 7.40. The Bertz CT molecular complexity index is 405. The molecule has 0 radical (unpaired) electrons. The molecule has 5 atom stereocenters. The van der Waals surface area contributed by atoms with Gasteiger partial charge in [0.05, 0.1) is 0 Å². The highest BCUT2D eigenvalue weighted by Crippen LogP contribution is 2.58. The predicted molar refractivity (Wildman–Crippen MR) is 66.8 cm³/mol. The molecule has 4 rings (SSSR count). The van der Waals surface area contributed by atoms with Crippen LogP contribution in [0.2, 0.25) is 0 Å². The summed E-state index contributed by atoms with van der Waals surface area (Å²) in [5.74, 6) is 4.96. The monoisotopic (exact) mass is 247 g/mol. The Labute approximate surface area is 108 Å². The number of aromatic nitrogens is 2. The van der Waals surface area contributed by atoms with Crippen molar-refractivity contribution in [3.8, 4) is 0 Å². The molecule has 1 heterocycles. The summed E-state index contributed by atoms with van der Waals surface area (Å²) in [5, 5.41) is 7.60. The smallest absolute Gasteiger partial charge is 0.213 e. The van der Waals surface area contributed by atoms with Crippen LogP contribution in [-0.4, -0.2) is 22.7 Å². The van der Waals surface area contributed by atoms with Gasteiger partial charge in [-0.05, 0) is 49.4 Å². The van der Waals surface area contributed by atoms with Gasteiger partial charge in [-0.25, -0.2) is 0 Å². The SMILES string of the molecule is c1nc(CCNC2CC3CC2C2CCCC32)no1. The maximum atomic E-state index is 4.75. The van der Waals surface area contributed by atoms with Gasteiger partial charge in [-0.3, -0.25) is 0 Å². The number of fused-ring (bicyclic) bond motifs is 5. The first-order chi connectivity index (χ1) is 8.92. The van der Waals surface area contributed by atoms with Crippen molar-refractivity contribution in [2.24, 2.45) is 23.7 Å². The zero-order valence-electron chi connectivity index (χ0n) is 10.7. The van der Waals surface area contributed by atoms with Crippen molar-refractivity contribution in [1.29, 1.82) is 0 Å². The van der Waals surface area contributed by atoms with Crippen molar-refractivity contribution in [2.45, 2.75) is 44.6 Å². The molecule has 0 aliphatic heterocycles. The van der Waals surface area contributed by atoms with E-state index in [1.165, 1.54) is 38.5 Å². The summed E-state index contributed by atoms with van der Waals surface area (Å²) in [7, 11) is 0. The van der Waals surface area contributed by atoms with E-state index in [2.05, 4.69) is 15.5 Å². The summed E-state index contributed by atoms with van der Waals surface area (Å²) in [6.07, 6.45) is 9.70. The maximum Gasteiger partial charge on any atom is 0.213 e. The molecule has 0 saturated heterocycles. The highest BCUT2D eigenvalue weighted by molar-refractivity contribution is 5.05. The van der Waals surface area contributed by atoms with Crippen LogP contribution in [0.15, 0.2) is 10.9 Å². The van der Waals surface area contributed by atoms with Crippen molar-refractivity contribution < 1.29 is 4.52 Å². The van der Waals surface area contributed by atoms with E-state index in [0.29, 0.717) is 0 Å². The number of nitrogens with zero attached hydrogens (tertiary/aromatic N) is 2. The quantitative estimate of drug-likeness (QED) is 0.884. The first-order valence-electron chi connectivity index (χ1n) is 7.40. The fraction of sp³-hybridized carbons (Fsp3) is 0.857. The minimum Gasteiger partial charge on any atom is -0.343 e. The normalized spacial score (nSPS) is 41.4. The second-order valence-electron chi connectivity index (χ2n) is 6.31. The largest absolute Gasteiger partial charge is 0.343 e. The summed E-state index contributed by atoms with van der Waals surface area (Å²) in [6, 6.07) is 0.765. The molecule has 0 spiro atoms. The maximum absolute atomic E-state index is 4.75. The lowest BCUT2D eigenvalue weighted by molar-refractivity contribution is 0.209. The number of rotatable bonds is 4. The molecule has 0 aromatic carbocycles. The van der Waals surface area contributed by atoms with Gasteiger partial charge in [0, 0.05) is 19.0 Å². The minimum atomic E-state index is 0.765. The molecule has 1 N–H and O–H groups in total. The Balaban J connectivity index is 1.32. The van der Waals surface area contributed by atoms with Crippen LogP contribution in [0.5, 0.6) is 0 Å². The summed E-state index contributed by atoms with van der Waals surface area (Å²) in [4.78, 5) is 4.06. The zero-order valence-corrected chi connectivity index (χ0v) is 10.7. The van der Waals surface area contributed by atoms with E-state index in [4.69, 9.17) is 4.52 Å². The lowest BCUT2D eigenvalue weighted by atomic mass is 9.79. The molecule has 1 aromatic rings. The van der Waals surface area contributed by atoms with Crippen molar-refractivity contribution in [3.63, 3.8) is 0 Å². The summed E-state index contributed by atoms with van der Waals surface area (Å²) in [6.45, 7) is 0.991. The highest BCUT2D eigenvalue weighted by Gasteiger charge is 2.53. The molecule has 4 nitrogen and oxygen atoms in total. The summed E-state index contributed by atoms with van der Waals surface area (Å²) >= 11 is 0. The third-order valence-corrected chi connectivity index (χ3v) is 5.59. The Morgan fingerprint density at radius 2 is 2.17 bits per heavy atom. The van der Waals surface area contributed by atoms with Crippen LogP contribution in [0.4, 0.5) is 0 Å². The minimum absolute atomic E-state index is 0.765. The number of nitrogens with one attached hydrogen (secondary N) is 1. The molecule has 98 valence electrons. The van der Waals surface area contributed by atoms with Crippen molar-refractivity contribution in [2.75, 3.05) is 6.54 Å². The lowest BCUT2D eigenvalue weighted by Crippen LogP contribution is -2.40. The van der Waals surface area contributed by atoms with Gasteiger partial charge in [0.25, 0.3) is 0 Å². The predicted octanol–water partition coefficient (Wildman–Crippen LogP) is 2.03. The molecule has 3 fully saturated rings. The average molecular weight is 247 g/mol. The van der Waals surface area contributed by atoms with E-state index in [1.54, 1.807) is 0 Å². The van der Waals surface area contributed by atoms with Crippen molar-refractivity contribution >= 4 is 0 Å². The molecule has 3 aliphatic rings. The second-order valence-corrected chi connectivity index (χ2v) is 6.31. The van der Waals surface area contributed by atoms with E-state index in [0.717, 1.165) is 48.5 Å². The molecule has 18 heavy (non-hydrogen) atoms. The van der Waals surface area contributed by atoms with E-state index in [1.807, 2.05) is 0 Å². The van der Waals surface area contributed by atoms with Crippen LogP contribution >= 0.6 is 0 Å². The Hall–Kier alpha value is -0.900. The van der Waals surface area contributed by atoms with E-state index in [9.17, 15) is 0 Å². The molecule has 1 aromatic heterocycles. The molecule has 4 heteroatoms. The molecule has 3 aliphatic carbocycles. The van der Waals surface area contributed by atoms with Gasteiger partial charge in [0.15, 0.2) is 5.82 Å². The van der Waals surface area contributed by atoms with Crippen molar-refractivity contribution in [3.05, 3.63) is 12.2 Å². The molecule has 5 unspecified atom stereocenters. The highest BCUT2D eigenvalue weighted by atomic mass is 16.5. The van der Waals surface area contributed by atoms with E-state index < -0.39 is 0 Å². The van der Waals surface area contributed by atoms with Gasteiger partial charge in [0.1, 0.15) is 0 Å². The zero-order chi connectivity index (χ0) is 11.9. The summed E-state index contributed by atoms with van der Waals surface area (Å²) < 4.78 is 4.75.